The first-order valence-electron chi connectivity index (χ1n) is 15.0. The smallest absolute Gasteiger partial charge is 0.371 e. The van der Waals surface area contributed by atoms with Gasteiger partial charge in [0.15, 0.2) is 5.69 Å². The van der Waals surface area contributed by atoms with Gasteiger partial charge in [0.2, 0.25) is 0 Å². The number of piperazine rings is 1. The summed E-state index contributed by atoms with van der Waals surface area (Å²) in [4.78, 5) is 46.6. The second-order valence-electron chi connectivity index (χ2n) is 11.3. The Morgan fingerprint density at radius 1 is 0.978 bits per heavy atom. The minimum Gasteiger partial charge on any atom is -0.371 e. The number of nitrogens with zero attached hydrogens (tertiary/aromatic N) is 4. The summed E-state index contributed by atoms with van der Waals surface area (Å²) in [5.41, 5.74) is 1.80. The largest absolute Gasteiger partial charge is 0.416 e. The zero-order chi connectivity index (χ0) is 32.8. The summed E-state index contributed by atoms with van der Waals surface area (Å²) in [5, 5.41) is 5.16. The maximum absolute atomic E-state index is 13.8. The van der Waals surface area contributed by atoms with E-state index in [4.69, 9.17) is 4.74 Å². The number of esters is 1. The minimum absolute atomic E-state index is 0.0343. The van der Waals surface area contributed by atoms with Crippen LogP contribution in [0.3, 0.4) is 0 Å². The Kier molecular flexibility index (Phi) is 10.0. The molecular weight excluding hydrogens is 601 g/mol. The number of benzene rings is 2. The van der Waals surface area contributed by atoms with Crippen molar-refractivity contribution < 1.29 is 32.3 Å². The Labute approximate surface area is 264 Å². The fraction of sp³-hybridized carbons (Fsp3) is 0.333. The van der Waals surface area contributed by atoms with E-state index in [0.717, 1.165) is 50.3 Å². The lowest BCUT2D eigenvalue weighted by molar-refractivity contribution is -0.137. The quantitative estimate of drug-likeness (QED) is 0.188. The first-order chi connectivity index (χ1) is 22.0. The third-order valence-electron chi connectivity index (χ3n) is 7.75. The molecule has 4 aromatic rings. The van der Waals surface area contributed by atoms with Crippen molar-refractivity contribution in [3.8, 4) is 0 Å². The SMILES string of the molecule is CCCc1ccc(C(=O)Nc2cc(CN3CCN(C)CC3)cc(C(F)(F)F)c2)cc1CNC(=O)OC(=O)c1cn2ccccc2n1. The van der Waals surface area contributed by atoms with Gasteiger partial charge in [-0.05, 0) is 72.6 Å². The molecule has 2 amide bonds. The fourth-order valence-corrected chi connectivity index (χ4v) is 5.30. The Morgan fingerprint density at radius 3 is 2.48 bits per heavy atom. The molecule has 13 heteroatoms. The number of carbonyl (C=O) groups is 3. The lowest BCUT2D eigenvalue weighted by Crippen LogP contribution is -2.43. The van der Waals surface area contributed by atoms with Gasteiger partial charge in [0, 0.05) is 62.9 Å². The molecular formula is C33H35F3N6O4. The van der Waals surface area contributed by atoms with Crippen LogP contribution < -0.4 is 10.6 Å². The molecule has 0 aliphatic carbocycles. The molecule has 0 bridgehead atoms. The van der Waals surface area contributed by atoms with Gasteiger partial charge in [0.1, 0.15) is 5.65 Å². The molecule has 0 atom stereocenters. The number of rotatable bonds is 9. The fourth-order valence-electron chi connectivity index (χ4n) is 5.30. The molecule has 46 heavy (non-hydrogen) atoms. The van der Waals surface area contributed by atoms with E-state index in [2.05, 4.69) is 25.4 Å². The average molecular weight is 637 g/mol. The second kappa shape index (κ2) is 14.1. The molecule has 1 saturated heterocycles. The van der Waals surface area contributed by atoms with Crippen molar-refractivity contribution in [3.05, 3.63) is 101 Å². The van der Waals surface area contributed by atoms with Gasteiger partial charge in [-0.1, -0.05) is 25.5 Å². The number of alkyl carbamates (subject to hydrolysis) is 1. The van der Waals surface area contributed by atoms with Crippen LogP contribution in [0.4, 0.5) is 23.7 Å². The highest BCUT2D eigenvalue weighted by molar-refractivity contribution is 6.04. The van der Waals surface area contributed by atoms with Gasteiger partial charge in [-0.15, -0.1) is 0 Å². The molecule has 2 aromatic carbocycles. The normalized spacial score (nSPS) is 14.3. The number of ether oxygens (including phenoxy) is 1. The molecule has 5 rings (SSSR count). The molecule has 0 spiro atoms. The van der Waals surface area contributed by atoms with Crippen LogP contribution in [0.15, 0.2) is 67.0 Å². The lowest BCUT2D eigenvalue weighted by Gasteiger charge is -2.32. The third-order valence-corrected chi connectivity index (χ3v) is 7.75. The maximum Gasteiger partial charge on any atom is 0.416 e. The molecule has 0 radical (unpaired) electrons. The number of carbonyl (C=O) groups excluding carboxylic acids is 3. The number of anilines is 1. The molecule has 3 heterocycles. The second-order valence-corrected chi connectivity index (χ2v) is 11.3. The highest BCUT2D eigenvalue weighted by Crippen LogP contribution is 2.32. The van der Waals surface area contributed by atoms with Gasteiger partial charge >= 0.3 is 18.2 Å². The van der Waals surface area contributed by atoms with Crippen molar-refractivity contribution in [1.29, 1.82) is 0 Å². The average Bonchev–Trinajstić information content (AvgIpc) is 3.46. The van der Waals surface area contributed by atoms with Crippen LogP contribution in [0.5, 0.6) is 0 Å². The number of likely N-dealkylation sites (N-methyl/N-ethyl adjacent to an activating group) is 1. The van der Waals surface area contributed by atoms with Crippen LogP contribution in [0.2, 0.25) is 0 Å². The molecule has 0 saturated carbocycles. The molecule has 2 aromatic heterocycles. The van der Waals surface area contributed by atoms with E-state index in [-0.39, 0.29) is 23.5 Å². The van der Waals surface area contributed by atoms with Crippen molar-refractivity contribution in [2.24, 2.45) is 0 Å². The molecule has 1 aliphatic rings. The van der Waals surface area contributed by atoms with E-state index in [0.29, 0.717) is 29.7 Å². The minimum atomic E-state index is -4.58. The zero-order valence-corrected chi connectivity index (χ0v) is 25.6. The van der Waals surface area contributed by atoms with Crippen LogP contribution in [0.25, 0.3) is 5.65 Å². The Bertz CT molecular complexity index is 1700. The predicted octanol–water partition coefficient (Wildman–Crippen LogP) is 5.37. The van der Waals surface area contributed by atoms with Crippen molar-refractivity contribution in [2.45, 2.75) is 39.0 Å². The summed E-state index contributed by atoms with van der Waals surface area (Å²) < 4.78 is 47.9. The standard InChI is InChI=1S/C33H35F3N6O4/c1-3-6-23-8-9-24(17-25(23)19-37-32(45)46-31(44)28-21-42-10-5-4-7-29(42)39-28)30(43)38-27-16-22(15-26(18-27)33(34,35)36)20-41-13-11-40(2)12-14-41/h4-5,7-10,15-18,21H,3,6,11-14,19-20H2,1-2H3,(H,37,45)(H,38,43). The summed E-state index contributed by atoms with van der Waals surface area (Å²) >= 11 is 0. The van der Waals surface area contributed by atoms with Gasteiger partial charge in [-0.3, -0.25) is 9.69 Å². The number of halogens is 3. The van der Waals surface area contributed by atoms with Gasteiger partial charge in [0.25, 0.3) is 5.91 Å². The van der Waals surface area contributed by atoms with Crippen LogP contribution in [-0.2, 0) is 30.4 Å². The summed E-state index contributed by atoms with van der Waals surface area (Å²) in [5.74, 6) is -1.52. The number of amides is 2. The highest BCUT2D eigenvalue weighted by Gasteiger charge is 2.32. The van der Waals surface area contributed by atoms with Crippen LogP contribution in [0.1, 0.15) is 56.4 Å². The monoisotopic (exact) mass is 636 g/mol. The number of hydrogen-bond acceptors (Lipinski definition) is 7. The zero-order valence-electron chi connectivity index (χ0n) is 25.6. The Morgan fingerprint density at radius 2 is 1.76 bits per heavy atom. The van der Waals surface area contributed by atoms with E-state index in [1.54, 1.807) is 53.1 Å². The van der Waals surface area contributed by atoms with E-state index >= 15 is 0 Å². The summed E-state index contributed by atoms with van der Waals surface area (Å²) in [6, 6.07) is 13.8. The molecule has 2 N–H and O–H groups in total. The number of aryl methyl sites for hydroxylation is 1. The number of pyridine rings is 1. The number of fused-ring (bicyclic) bond motifs is 1. The van der Waals surface area contributed by atoms with Crippen molar-refractivity contribution in [1.82, 2.24) is 24.5 Å². The number of hydrogen-bond donors (Lipinski definition) is 2. The molecule has 0 unspecified atom stereocenters. The number of imidazole rings is 1. The van der Waals surface area contributed by atoms with Crippen LogP contribution in [0, 0.1) is 0 Å². The Hall–Kier alpha value is -4.75. The van der Waals surface area contributed by atoms with E-state index in [1.165, 1.54) is 6.20 Å². The first-order valence-corrected chi connectivity index (χ1v) is 15.0. The maximum atomic E-state index is 13.8. The number of nitrogens with one attached hydrogen (secondary N) is 2. The van der Waals surface area contributed by atoms with Crippen LogP contribution >= 0.6 is 0 Å². The van der Waals surface area contributed by atoms with Gasteiger partial charge in [0.05, 0.1) is 5.56 Å². The van der Waals surface area contributed by atoms with Gasteiger partial charge in [-0.25, -0.2) is 14.6 Å². The molecule has 1 fully saturated rings. The number of alkyl halides is 3. The van der Waals surface area contributed by atoms with Crippen molar-refractivity contribution >= 4 is 29.3 Å². The van der Waals surface area contributed by atoms with E-state index in [9.17, 15) is 27.6 Å². The summed E-state index contributed by atoms with van der Waals surface area (Å²) in [6.07, 6.45) is -0.979. The molecule has 1 aliphatic heterocycles. The third kappa shape index (κ3) is 8.29. The van der Waals surface area contributed by atoms with Crippen molar-refractivity contribution in [3.63, 3.8) is 0 Å². The topological polar surface area (TPSA) is 108 Å². The van der Waals surface area contributed by atoms with Gasteiger partial charge in [-0.2, -0.15) is 13.2 Å². The number of aromatic nitrogens is 2. The van der Waals surface area contributed by atoms with Crippen LogP contribution in [-0.4, -0.2) is 70.4 Å². The Balaban J connectivity index is 1.27. The lowest BCUT2D eigenvalue weighted by atomic mass is 9.99. The first kappa shape index (κ1) is 32.6. The van der Waals surface area contributed by atoms with E-state index in [1.807, 2.05) is 14.0 Å². The molecule has 10 nitrogen and oxygen atoms in total. The predicted molar refractivity (Wildman–Crippen MR) is 165 cm³/mol. The highest BCUT2D eigenvalue weighted by atomic mass is 19.4. The van der Waals surface area contributed by atoms with Crippen molar-refractivity contribution in [2.75, 3.05) is 38.5 Å². The summed E-state index contributed by atoms with van der Waals surface area (Å²) in [6.45, 7) is 5.37. The van der Waals surface area contributed by atoms with Gasteiger partial charge < -0.3 is 24.7 Å². The molecule has 242 valence electrons. The van der Waals surface area contributed by atoms with E-state index < -0.39 is 29.7 Å². The summed E-state index contributed by atoms with van der Waals surface area (Å²) in [7, 11) is 2.00.